The maximum Gasteiger partial charge on any atom is 0.0481 e. The minimum Gasteiger partial charge on any atom is -0.343 e. The minimum atomic E-state index is 0.572. The van der Waals surface area contributed by atoms with Crippen LogP contribution in [0.3, 0.4) is 0 Å². The van der Waals surface area contributed by atoms with E-state index in [1.165, 1.54) is 22.4 Å². The lowest BCUT2D eigenvalue weighted by Crippen LogP contribution is -2.20. The van der Waals surface area contributed by atoms with Crippen molar-refractivity contribution in [2.75, 3.05) is 4.90 Å². The molecule has 0 saturated heterocycles. The van der Waals surface area contributed by atoms with Gasteiger partial charge in [-0.15, -0.1) is 0 Å². The molecule has 0 atom stereocenters. The summed E-state index contributed by atoms with van der Waals surface area (Å²) in [5.74, 6) is 0. The average Bonchev–Trinajstić information content (AvgIpc) is 2.46. The molecule has 2 aromatic rings. The first-order chi connectivity index (χ1) is 8.88. The standard InChI is InChI=1S/C16H16N2/c17-11-14-6-3-4-8-16(14)18-10-9-13-5-1-2-7-15(13)12-18/h1-10H,11-12,17H2. The first-order valence-corrected chi connectivity index (χ1v) is 6.19. The Morgan fingerprint density at radius 1 is 1.00 bits per heavy atom. The smallest absolute Gasteiger partial charge is 0.0481 e. The molecule has 0 amide bonds. The van der Waals surface area contributed by atoms with Crippen molar-refractivity contribution in [1.82, 2.24) is 0 Å². The van der Waals surface area contributed by atoms with Crippen molar-refractivity contribution in [3.63, 3.8) is 0 Å². The third-order valence-corrected chi connectivity index (χ3v) is 3.35. The highest BCUT2D eigenvalue weighted by molar-refractivity contribution is 5.66. The Labute approximate surface area is 107 Å². The van der Waals surface area contributed by atoms with E-state index < -0.39 is 0 Å². The number of fused-ring (bicyclic) bond motifs is 1. The largest absolute Gasteiger partial charge is 0.343 e. The van der Waals surface area contributed by atoms with Crippen molar-refractivity contribution in [2.45, 2.75) is 13.1 Å². The van der Waals surface area contributed by atoms with Gasteiger partial charge >= 0.3 is 0 Å². The molecule has 2 nitrogen and oxygen atoms in total. The van der Waals surface area contributed by atoms with Crippen molar-refractivity contribution in [1.29, 1.82) is 0 Å². The highest BCUT2D eigenvalue weighted by Gasteiger charge is 2.13. The molecular formula is C16H16N2. The van der Waals surface area contributed by atoms with Crippen LogP contribution < -0.4 is 10.6 Å². The van der Waals surface area contributed by atoms with E-state index in [1.807, 2.05) is 6.07 Å². The summed E-state index contributed by atoms with van der Waals surface area (Å²) in [6.45, 7) is 1.48. The van der Waals surface area contributed by atoms with Crippen LogP contribution in [0.2, 0.25) is 0 Å². The number of rotatable bonds is 2. The molecule has 0 bridgehead atoms. The topological polar surface area (TPSA) is 29.3 Å². The summed E-state index contributed by atoms with van der Waals surface area (Å²) in [7, 11) is 0. The van der Waals surface area contributed by atoms with Gasteiger partial charge in [-0.25, -0.2) is 0 Å². The lowest BCUT2D eigenvalue weighted by molar-refractivity contribution is 0.932. The van der Waals surface area contributed by atoms with Gasteiger partial charge in [0.05, 0.1) is 0 Å². The molecule has 90 valence electrons. The van der Waals surface area contributed by atoms with Crippen molar-refractivity contribution < 1.29 is 0 Å². The molecule has 0 radical (unpaired) electrons. The Morgan fingerprint density at radius 3 is 2.67 bits per heavy atom. The Kier molecular flexibility index (Phi) is 2.87. The molecule has 3 rings (SSSR count). The van der Waals surface area contributed by atoms with Crippen molar-refractivity contribution >= 4 is 11.8 Å². The third kappa shape index (κ3) is 1.91. The molecular weight excluding hydrogens is 220 g/mol. The van der Waals surface area contributed by atoms with Gasteiger partial charge < -0.3 is 10.6 Å². The third-order valence-electron chi connectivity index (χ3n) is 3.35. The zero-order chi connectivity index (χ0) is 12.4. The lowest BCUT2D eigenvalue weighted by Gasteiger charge is -2.27. The fraction of sp³-hybridized carbons (Fsp3) is 0.125. The van der Waals surface area contributed by atoms with Crippen LogP contribution in [0.25, 0.3) is 6.08 Å². The van der Waals surface area contributed by atoms with Gasteiger partial charge in [-0.3, -0.25) is 0 Å². The van der Waals surface area contributed by atoms with Gasteiger partial charge in [0.25, 0.3) is 0 Å². The number of para-hydroxylation sites is 1. The summed E-state index contributed by atoms with van der Waals surface area (Å²) in [6, 6.07) is 16.8. The van der Waals surface area contributed by atoms with E-state index in [9.17, 15) is 0 Å². The molecule has 1 aliphatic rings. The predicted molar refractivity (Wildman–Crippen MR) is 76.0 cm³/mol. The second-order valence-corrected chi connectivity index (χ2v) is 4.48. The van der Waals surface area contributed by atoms with Crippen LogP contribution in [-0.2, 0) is 13.1 Å². The van der Waals surface area contributed by atoms with Crippen LogP contribution in [-0.4, -0.2) is 0 Å². The summed E-state index contributed by atoms with van der Waals surface area (Å²) >= 11 is 0. The molecule has 2 aromatic carbocycles. The number of nitrogens with two attached hydrogens (primary N) is 1. The van der Waals surface area contributed by atoms with Crippen LogP contribution in [0, 0.1) is 0 Å². The van der Waals surface area contributed by atoms with Crippen LogP contribution in [0.4, 0.5) is 5.69 Å². The maximum absolute atomic E-state index is 5.80. The van der Waals surface area contributed by atoms with Gasteiger partial charge in [-0.1, -0.05) is 42.5 Å². The molecule has 1 heterocycles. The number of benzene rings is 2. The Hall–Kier alpha value is -2.06. The first-order valence-electron chi connectivity index (χ1n) is 6.19. The summed E-state index contributed by atoms with van der Waals surface area (Å²) in [5, 5.41) is 0. The van der Waals surface area contributed by atoms with Gasteiger partial charge in [0.1, 0.15) is 0 Å². The van der Waals surface area contributed by atoms with Gasteiger partial charge in [-0.05, 0) is 28.8 Å². The second kappa shape index (κ2) is 4.67. The summed E-state index contributed by atoms with van der Waals surface area (Å²) < 4.78 is 0. The van der Waals surface area contributed by atoms with Gasteiger partial charge in [-0.2, -0.15) is 0 Å². The van der Waals surface area contributed by atoms with Crippen molar-refractivity contribution in [2.24, 2.45) is 5.73 Å². The molecule has 2 heteroatoms. The average molecular weight is 236 g/mol. The predicted octanol–water partition coefficient (Wildman–Crippen LogP) is 3.14. The Morgan fingerprint density at radius 2 is 1.78 bits per heavy atom. The molecule has 0 saturated carbocycles. The van der Waals surface area contributed by atoms with Gasteiger partial charge in [0, 0.05) is 25.0 Å². The monoisotopic (exact) mass is 236 g/mol. The minimum absolute atomic E-state index is 0.572. The molecule has 2 N–H and O–H groups in total. The molecule has 0 unspecified atom stereocenters. The molecule has 1 aliphatic heterocycles. The van der Waals surface area contributed by atoms with E-state index in [0.717, 1.165) is 6.54 Å². The van der Waals surface area contributed by atoms with Gasteiger partial charge in [0.15, 0.2) is 0 Å². The molecule has 18 heavy (non-hydrogen) atoms. The number of anilines is 1. The molecule has 0 aromatic heterocycles. The summed E-state index contributed by atoms with van der Waals surface area (Å²) in [6.07, 6.45) is 4.29. The van der Waals surface area contributed by atoms with Crippen molar-refractivity contribution in [3.8, 4) is 0 Å². The number of hydrogen-bond acceptors (Lipinski definition) is 2. The van der Waals surface area contributed by atoms with E-state index in [4.69, 9.17) is 5.73 Å². The van der Waals surface area contributed by atoms with Crippen LogP contribution >= 0.6 is 0 Å². The first kappa shape index (κ1) is 11.1. The summed E-state index contributed by atoms with van der Waals surface area (Å²) in [5.41, 5.74) is 10.8. The van der Waals surface area contributed by atoms with Gasteiger partial charge in [0.2, 0.25) is 0 Å². The quantitative estimate of drug-likeness (QED) is 0.868. The van der Waals surface area contributed by atoms with Crippen LogP contribution in [0.5, 0.6) is 0 Å². The van der Waals surface area contributed by atoms with E-state index in [-0.39, 0.29) is 0 Å². The fourth-order valence-corrected chi connectivity index (χ4v) is 2.38. The fourth-order valence-electron chi connectivity index (χ4n) is 2.38. The normalized spacial score (nSPS) is 13.5. The molecule has 0 spiro atoms. The highest BCUT2D eigenvalue weighted by Crippen LogP contribution is 2.27. The van der Waals surface area contributed by atoms with Crippen LogP contribution in [0.15, 0.2) is 54.7 Å². The number of nitrogens with zero attached hydrogens (tertiary/aromatic N) is 1. The SMILES string of the molecule is NCc1ccccc1N1C=Cc2ccccc2C1. The molecule has 0 aliphatic carbocycles. The summed E-state index contributed by atoms with van der Waals surface area (Å²) in [4.78, 5) is 2.25. The lowest BCUT2D eigenvalue weighted by atomic mass is 10.0. The van der Waals surface area contributed by atoms with E-state index >= 15 is 0 Å². The van der Waals surface area contributed by atoms with E-state index in [2.05, 4.69) is 59.6 Å². The molecule has 0 fully saturated rings. The second-order valence-electron chi connectivity index (χ2n) is 4.48. The van der Waals surface area contributed by atoms with E-state index in [1.54, 1.807) is 0 Å². The van der Waals surface area contributed by atoms with Crippen molar-refractivity contribution in [3.05, 3.63) is 71.4 Å². The maximum atomic E-state index is 5.80. The van der Waals surface area contributed by atoms with E-state index in [0.29, 0.717) is 6.54 Å². The Bertz CT molecular complexity index is 587. The highest BCUT2D eigenvalue weighted by atomic mass is 15.1. The zero-order valence-corrected chi connectivity index (χ0v) is 10.2. The van der Waals surface area contributed by atoms with Crippen LogP contribution in [0.1, 0.15) is 16.7 Å². The zero-order valence-electron chi connectivity index (χ0n) is 10.2. The number of hydrogen-bond donors (Lipinski definition) is 1. The Balaban J connectivity index is 1.97.